The predicted molar refractivity (Wildman–Crippen MR) is 71.2 cm³/mol. The fourth-order valence-electron chi connectivity index (χ4n) is 1.87. The van der Waals surface area contributed by atoms with Crippen LogP contribution in [0.3, 0.4) is 0 Å². The van der Waals surface area contributed by atoms with Crippen molar-refractivity contribution in [3.05, 3.63) is 24.3 Å². The summed E-state index contributed by atoms with van der Waals surface area (Å²) in [4.78, 5) is 0. The Morgan fingerprint density at radius 2 is 1.73 bits per heavy atom. The normalized spacial score (nSPS) is 11.7. The number of hydrogen-bond acceptors (Lipinski definition) is 0. The summed E-state index contributed by atoms with van der Waals surface area (Å²) in [6.07, 6.45) is 16.2. The Labute approximate surface area is 96.5 Å². The summed E-state index contributed by atoms with van der Waals surface area (Å²) >= 11 is 0. The predicted octanol–water partition coefficient (Wildman–Crippen LogP) is 5.65. The highest BCUT2D eigenvalue weighted by Crippen LogP contribution is 2.17. The lowest BCUT2D eigenvalue weighted by molar-refractivity contribution is 0.647. The third-order valence-corrected chi connectivity index (χ3v) is 2.75. The van der Waals surface area contributed by atoms with Crippen molar-refractivity contribution in [1.82, 2.24) is 0 Å². The third kappa shape index (κ3) is 9.78. The Morgan fingerprint density at radius 3 is 2.33 bits per heavy atom. The quantitative estimate of drug-likeness (QED) is 0.321. The minimum absolute atomic E-state index is 1.16. The molecule has 15 heavy (non-hydrogen) atoms. The largest absolute Gasteiger partial charge is 0.103 e. The topological polar surface area (TPSA) is 0 Å². The van der Waals surface area contributed by atoms with Crippen molar-refractivity contribution in [2.24, 2.45) is 0 Å². The molecule has 0 nitrogen and oxygen atoms in total. The Kier molecular flexibility index (Phi) is 11.2. The van der Waals surface area contributed by atoms with Gasteiger partial charge in [0.25, 0.3) is 0 Å². The molecular formula is C15H28. The standard InChI is InChI=1S/C15H28/c1-4-7-9-11-14-15(12-6-3)13-10-8-5-2/h5,12H,2,4,6-11,13-14H2,1,3H3. The highest BCUT2D eigenvalue weighted by atomic mass is 14.0. The first-order valence-corrected chi connectivity index (χ1v) is 6.63. The first-order valence-electron chi connectivity index (χ1n) is 6.63. The number of rotatable bonds is 10. The minimum atomic E-state index is 1.16. The van der Waals surface area contributed by atoms with E-state index in [-0.39, 0.29) is 0 Å². The molecule has 0 aliphatic carbocycles. The van der Waals surface area contributed by atoms with E-state index in [0.717, 1.165) is 6.42 Å². The van der Waals surface area contributed by atoms with E-state index in [9.17, 15) is 0 Å². The fraction of sp³-hybridized carbons (Fsp3) is 0.733. The molecule has 0 N–H and O–H groups in total. The summed E-state index contributed by atoms with van der Waals surface area (Å²) in [5.41, 5.74) is 1.68. The van der Waals surface area contributed by atoms with Crippen molar-refractivity contribution in [3.8, 4) is 0 Å². The maximum Gasteiger partial charge on any atom is -0.0317 e. The van der Waals surface area contributed by atoms with Crippen LogP contribution in [-0.2, 0) is 0 Å². The van der Waals surface area contributed by atoms with Gasteiger partial charge < -0.3 is 0 Å². The molecule has 0 radical (unpaired) electrons. The molecule has 0 spiro atoms. The molecule has 88 valence electrons. The molecule has 0 heterocycles. The van der Waals surface area contributed by atoms with Crippen LogP contribution >= 0.6 is 0 Å². The van der Waals surface area contributed by atoms with Crippen LogP contribution in [0.25, 0.3) is 0 Å². The fourth-order valence-corrected chi connectivity index (χ4v) is 1.87. The summed E-state index contributed by atoms with van der Waals surface area (Å²) in [5.74, 6) is 0. The molecule has 0 aliphatic heterocycles. The number of unbranched alkanes of at least 4 members (excludes halogenated alkanes) is 4. The van der Waals surface area contributed by atoms with E-state index in [1.54, 1.807) is 5.57 Å². The lowest BCUT2D eigenvalue weighted by Crippen LogP contribution is -1.86. The van der Waals surface area contributed by atoms with Gasteiger partial charge in [-0.3, -0.25) is 0 Å². The van der Waals surface area contributed by atoms with E-state index >= 15 is 0 Å². The van der Waals surface area contributed by atoms with Crippen molar-refractivity contribution in [2.45, 2.75) is 71.6 Å². The van der Waals surface area contributed by atoms with Crippen molar-refractivity contribution in [1.29, 1.82) is 0 Å². The summed E-state index contributed by atoms with van der Waals surface area (Å²) in [6.45, 7) is 8.28. The van der Waals surface area contributed by atoms with Gasteiger partial charge in [0.05, 0.1) is 0 Å². The lowest BCUT2D eigenvalue weighted by atomic mass is 10.0. The second-order valence-electron chi connectivity index (χ2n) is 4.26. The third-order valence-electron chi connectivity index (χ3n) is 2.75. The van der Waals surface area contributed by atoms with Gasteiger partial charge in [0.2, 0.25) is 0 Å². The van der Waals surface area contributed by atoms with Crippen molar-refractivity contribution in [2.75, 3.05) is 0 Å². The maximum absolute atomic E-state index is 3.77. The monoisotopic (exact) mass is 208 g/mol. The Bertz CT molecular complexity index is 165. The van der Waals surface area contributed by atoms with E-state index < -0.39 is 0 Å². The highest BCUT2D eigenvalue weighted by Gasteiger charge is 1.97. The highest BCUT2D eigenvalue weighted by molar-refractivity contribution is 5.01. The second-order valence-corrected chi connectivity index (χ2v) is 4.26. The molecule has 0 aliphatic rings. The minimum Gasteiger partial charge on any atom is -0.103 e. The zero-order valence-electron chi connectivity index (χ0n) is 10.7. The van der Waals surface area contributed by atoms with Gasteiger partial charge in [-0.15, -0.1) is 6.58 Å². The zero-order chi connectivity index (χ0) is 11.4. The van der Waals surface area contributed by atoms with E-state index in [4.69, 9.17) is 0 Å². The SMILES string of the molecule is C=CCCCC(=CCC)CCCCCC. The Hall–Kier alpha value is -0.520. The van der Waals surface area contributed by atoms with Gasteiger partial charge in [0.1, 0.15) is 0 Å². The molecule has 0 aromatic rings. The summed E-state index contributed by atoms with van der Waals surface area (Å²) < 4.78 is 0. The van der Waals surface area contributed by atoms with Crippen LogP contribution in [0.5, 0.6) is 0 Å². The average molecular weight is 208 g/mol. The van der Waals surface area contributed by atoms with Crippen LogP contribution in [-0.4, -0.2) is 0 Å². The van der Waals surface area contributed by atoms with Crippen LogP contribution in [0.1, 0.15) is 71.6 Å². The average Bonchev–Trinajstić information content (AvgIpc) is 2.24. The molecule has 0 rings (SSSR count). The molecule has 0 aromatic carbocycles. The van der Waals surface area contributed by atoms with Crippen LogP contribution in [0.4, 0.5) is 0 Å². The Morgan fingerprint density at radius 1 is 1.00 bits per heavy atom. The molecule has 0 saturated carbocycles. The van der Waals surface area contributed by atoms with Crippen molar-refractivity contribution < 1.29 is 0 Å². The van der Waals surface area contributed by atoms with E-state index in [1.165, 1.54) is 51.4 Å². The van der Waals surface area contributed by atoms with Crippen molar-refractivity contribution in [3.63, 3.8) is 0 Å². The molecule has 0 atom stereocenters. The van der Waals surface area contributed by atoms with Gasteiger partial charge in [-0.05, 0) is 38.5 Å². The molecule has 0 amide bonds. The number of allylic oxidation sites excluding steroid dienone is 3. The van der Waals surface area contributed by atoms with Crippen LogP contribution in [0, 0.1) is 0 Å². The molecular weight excluding hydrogens is 180 g/mol. The molecule has 0 unspecified atom stereocenters. The summed E-state index contributed by atoms with van der Waals surface area (Å²) in [7, 11) is 0. The van der Waals surface area contributed by atoms with Gasteiger partial charge >= 0.3 is 0 Å². The zero-order valence-corrected chi connectivity index (χ0v) is 10.7. The molecule has 0 heteroatoms. The molecule has 0 aromatic heterocycles. The second kappa shape index (κ2) is 11.6. The lowest BCUT2D eigenvalue weighted by Gasteiger charge is -2.06. The first kappa shape index (κ1) is 14.5. The van der Waals surface area contributed by atoms with Gasteiger partial charge in [-0.25, -0.2) is 0 Å². The molecule has 0 fully saturated rings. The van der Waals surface area contributed by atoms with Crippen LogP contribution in [0.2, 0.25) is 0 Å². The summed E-state index contributed by atoms with van der Waals surface area (Å²) in [6, 6.07) is 0. The van der Waals surface area contributed by atoms with E-state index in [1.807, 2.05) is 6.08 Å². The molecule has 0 bridgehead atoms. The summed E-state index contributed by atoms with van der Waals surface area (Å²) in [5, 5.41) is 0. The van der Waals surface area contributed by atoms with Gasteiger partial charge in [0.15, 0.2) is 0 Å². The van der Waals surface area contributed by atoms with Gasteiger partial charge in [-0.1, -0.05) is 50.8 Å². The van der Waals surface area contributed by atoms with Gasteiger partial charge in [-0.2, -0.15) is 0 Å². The Balaban J connectivity index is 3.63. The maximum atomic E-state index is 3.77. The van der Waals surface area contributed by atoms with E-state index in [2.05, 4.69) is 26.5 Å². The van der Waals surface area contributed by atoms with Crippen molar-refractivity contribution >= 4 is 0 Å². The molecule has 0 saturated heterocycles. The number of hydrogen-bond donors (Lipinski definition) is 0. The van der Waals surface area contributed by atoms with Crippen LogP contribution < -0.4 is 0 Å². The van der Waals surface area contributed by atoms with Crippen LogP contribution in [0.15, 0.2) is 24.3 Å². The van der Waals surface area contributed by atoms with E-state index in [0.29, 0.717) is 0 Å². The van der Waals surface area contributed by atoms with Gasteiger partial charge in [0, 0.05) is 0 Å². The smallest absolute Gasteiger partial charge is 0.0317 e. The first-order chi connectivity index (χ1) is 7.35.